The SMILES string of the molecule is C[C@]1([C@H](O)CCc2ccccc2)CCOC1=O. The van der Waals surface area contributed by atoms with Crippen LogP contribution in [0.15, 0.2) is 30.3 Å². The molecule has 1 saturated heterocycles. The minimum atomic E-state index is -0.714. The van der Waals surface area contributed by atoms with Crippen molar-refractivity contribution in [3.8, 4) is 0 Å². The van der Waals surface area contributed by atoms with E-state index in [4.69, 9.17) is 4.74 Å². The van der Waals surface area contributed by atoms with Crippen molar-refractivity contribution >= 4 is 5.97 Å². The zero-order chi connectivity index (χ0) is 12.3. The molecule has 0 aliphatic carbocycles. The van der Waals surface area contributed by atoms with Crippen molar-refractivity contribution in [1.29, 1.82) is 0 Å². The fourth-order valence-electron chi connectivity index (χ4n) is 2.19. The Morgan fingerprint density at radius 1 is 1.41 bits per heavy atom. The van der Waals surface area contributed by atoms with E-state index in [0.717, 1.165) is 6.42 Å². The molecular formula is C14H18O3. The van der Waals surface area contributed by atoms with Crippen LogP contribution < -0.4 is 0 Å². The zero-order valence-corrected chi connectivity index (χ0v) is 10.1. The monoisotopic (exact) mass is 234 g/mol. The molecule has 92 valence electrons. The molecule has 3 heteroatoms. The highest BCUT2D eigenvalue weighted by molar-refractivity contribution is 5.78. The van der Waals surface area contributed by atoms with Crippen LogP contribution in [0.2, 0.25) is 0 Å². The van der Waals surface area contributed by atoms with Crippen molar-refractivity contribution in [2.45, 2.75) is 32.3 Å². The molecule has 17 heavy (non-hydrogen) atoms. The normalized spacial score (nSPS) is 25.6. The van der Waals surface area contributed by atoms with Crippen LogP contribution in [0.25, 0.3) is 0 Å². The first-order chi connectivity index (χ1) is 8.13. The zero-order valence-electron chi connectivity index (χ0n) is 10.1. The van der Waals surface area contributed by atoms with Crippen LogP contribution in [-0.2, 0) is 16.0 Å². The van der Waals surface area contributed by atoms with E-state index in [9.17, 15) is 9.90 Å². The number of aliphatic hydroxyl groups excluding tert-OH is 1. The third kappa shape index (κ3) is 2.50. The molecular weight excluding hydrogens is 216 g/mol. The van der Waals surface area contributed by atoms with Crippen molar-refractivity contribution < 1.29 is 14.6 Å². The van der Waals surface area contributed by atoms with Crippen molar-refractivity contribution in [2.24, 2.45) is 5.41 Å². The maximum Gasteiger partial charge on any atom is 0.314 e. The van der Waals surface area contributed by atoms with Crippen LogP contribution in [0.1, 0.15) is 25.3 Å². The lowest BCUT2D eigenvalue weighted by Crippen LogP contribution is -2.36. The van der Waals surface area contributed by atoms with E-state index in [1.54, 1.807) is 6.92 Å². The molecule has 2 rings (SSSR count). The third-order valence-corrected chi connectivity index (χ3v) is 3.61. The number of benzene rings is 1. The standard InChI is InChI=1S/C14H18O3/c1-14(9-10-17-13(14)16)12(15)8-7-11-5-3-2-4-6-11/h2-6,12,15H,7-10H2,1H3/t12-,14-/m1/s1. The quantitative estimate of drug-likeness (QED) is 0.810. The average Bonchev–Trinajstić information content (AvgIpc) is 2.69. The van der Waals surface area contributed by atoms with Gasteiger partial charge in [0.25, 0.3) is 0 Å². The van der Waals surface area contributed by atoms with Gasteiger partial charge in [0.2, 0.25) is 0 Å². The summed E-state index contributed by atoms with van der Waals surface area (Å²) in [6.45, 7) is 2.22. The minimum Gasteiger partial charge on any atom is -0.465 e. The molecule has 1 aromatic carbocycles. The number of ether oxygens (including phenoxy) is 1. The fraction of sp³-hybridized carbons (Fsp3) is 0.500. The summed E-state index contributed by atoms with van der Waals surface area (Å²) in [5.41, 5.74) is 0.468. The van der Waals surface area contributed by atoms with Gasteiger partial charge in [-0.1, -0.05) is 30.3 Å². The fourth-order valence-corrected chi connectivity index (χ4v) is 2.19. The van der Waals surface area contributed by atoms with E-state index in [1.165, 1.54) is 5.56 Å². The molecule has 0 aromatic heterocycles. The number of cyclic esters (lactones) is 1. The number of hydrogen-bond donors (Lipinski definition) is 1. The van der Waals surface area contributed by atoms with Crippen LogP contribution in [0, 0.1) is 5.41 Å². The van der Waals surface area contributed by atoms with E-state index in [-0.39, 0.29) is 5.97 Å². The number of aliphatic hydroxyl groups is 1. The van der Waals surface area contributed by atoms with Gasteiger partial charge < -0.3 is 9.84 Å². The summed E-state index contributed by atoms with van der Waals surface area (Å²) in [5.74, 6) is -0.266. The maximum absolute atomic E-state index is 11.6. The lowest BCUT2D eigenvalue weighted by molar-refractivity contribution is -0.150. The Morgan fingerprint density at radius 2 is 2.12 bits per heavy atom. The number of carbonyl (C=O) groups is 1. The Balaban J connectivity index is 1.93. The molecule has 0 bridgehead atoms. The summed E-state index contributed by atoms with van der Waals surface area (Å²) in [6, 6.07) is 9.99. The summed E-state index contributed by atoms with van der Waals surface area (Å²) < 4.78 is 4.94. The molecule has 0 unspecified atom stereocenters. The molecule has 1 aromatic rings. The van der Waals surface area contributed by atoms with Crippen molar-refractivity contribution in [2.75, 3.05) is 6.61 Å². The van der Waals surface area contributed by atoms with Crippen LogP contribution in [-0.4, -0.2) is 23.8 Å². The Labute approximate surface area is 101 Å². The first-order valence-corrected chi connectivity index (χ1v) is 6.02. The number of hydrogen-bond acceptors (Lipinski definition) is 3. The Kier molecular flexibility index (Phi) is 3.48. The number of esters is 1. The average molecular weight is 234 g/mol. The van der Waals surface area contributed by atoms with E-state index in [2.05, 4.69) is 0 Å². The molecule has 1 aliphatic rings. The number of rotatable bonds is 4. The predicted molar refractivity (Wildman–Crippen MR) is 64.5 cm³/mol. The Hall–Kier alpha value is -1.35. The first-order valence-electron chi connectivity index (χ1n) is 6.02. The van der Waals surface area contributed by atoms with Gasteiger partial charge in [-0.3, -0.25) is 4.79 Å². The van der Waals surface area contributed by atoms with Crippen molar-refractivity contribution in [3.05, 3.63) is 35.9 Å². The molecule has 0 spiro atoms. The third-order valence-electron chi connectivity index (χ3n) is 3.61. The second-order valence-electron chi connectivity index (χ2n) is 4.84. The summed E-state index contributed by atoms with van der Waals surface area (Å²) in [4.78, 5) is 11.6. The van der Waals surface area contributed by atoms with Gasteiger partial charge in [0.05, 0.1) is 18.1 Å². The summed E-state index contributed by atoms with van der Waals surface area (Å²) in [7, 11) is 0. The topological polar surface area (TPSA) is 46.5 Å². The van der Waals surface area contributed by atoms with Crippen molar-refractivity contribution in [3.63, 3.8) is 0 Å². The molecule has 1 aliphatic heterocycles. The van der Waals surface area contributed by atoms with Crippen LogP contribution >= 0.6 is 0 Å². The van der Waals surface area contributed by atoms with Gasteiger partial charge in [-0.2, -0.15) is 0 Å². The highest BCUT2D eigenvalue weighted by Crippen LogP contribution is 2.35. The number of aryl methyl sites for hydroxylation is 1. The van der Waals surface area contributed by atoms with Crippen LogP contribution in [0.4, 0.5) is 0 Å². The van der Waals surface area contributed by atoms with E-state index in [1.807, 2.05) is 30.3 Å². The number of carbonyl (C=O) groups excluding carboxylic acids is 1. The smallest absolute Gasteiger partial charge is 0.314 e. The van der Waals surface area contributed by atoms with E-state index < -0.39 is 11.5 Å². The second kappa shape index (κ2) is 4.88. The molecule has 1 fully saturated rings. The van der Waals surface area contributed by atoms with E-state index in [0.29, 0.717) is 19.4 Å². The van der Waals surface area contributed by atoms with Gasteiger partial charge in [0.1, 0.15) is 0 Å². The molecule has 0 amide bonds. The lowest BCUT2D eigenvalue weighted by Gasteiger charge is -2.25. The summed E-state index contributed by atoms with van der Waals surface area (Å²) in [5, 5.41) is 10.1. The van der Waals surface area contributed by atoms with Gasteiger partial charge in [-0.05, 0) is 31.7 Å². The molecule has 0 radical (unpaired) electrons. The lowest BCUT2D eigenvalue weighted by atomic mass is 9.80. The first kappa shape index (κ1) is 12.1. The molecule has 2 atom stereocenters. The van der Waals surface area contributed by atoms with Crippen molar-refractivity contribution in [1.82, 2.24) is 0 Å². The van der Waals surface area contributed by atoms with Crippen LogP contribution in [0.3, 0.4) is 0 Å². The maximum atomic E-state index is 11.6. The second-order valence-corrected chi connectivity index (χ2v) is 4.84. The summed E-state index contributed by atoms with van der Waals surface area (Å²) >= 11 is 0. The van der Waals surface area contributed by atoms with Gasteiger partial charge in [0.15, 0.2) is 0 Å². The molecule has 3 nitrogen and oxygen atoms in total. The van der Waals surface area contributed by atoms with Gasteiger partial charge >= 0.3 is 5.97 Å². The Morgan fingerprint density at radius 3 is 2.71 bits per heavy atom. The van der Waals surface area contributed by atoms with E-state index >= 15 is 0 Å². The van der Waals surface area contributed by atoms with Gasteiger partial charge in [0, 0.05) is 0 Å². The van der Waals surface area contributed by atoms with Gasteiger partial charge in [-0.25, -0.2) is 0 Å². The van der Waals surface area contributed by atoms with Crippen LogP contribution in [0.5, 0.6) is 0 Å². The minimum absolute atomic E-state index is 0.266. The predicted octanol–water partition coefficient (Wildman–Crippen LogP) is 1.93. The highest BCUT2D eigenvalue weighted by atomic mass is 16.5. The summed E-state index contributed by atoms with van der Waals surface area (Å²) in [6.07, 6.45) is 1.36. The molecule has 1 heterocycles. The molecule has 1 N–H and O–H groups in total. The largest absolute Gasteiger partial charge is 0.465 e. The van der Waals surface area contributed by atoms with Gasteiger partial charge in [-0.15, -0.1) is 0 Å². The Bertz CT molecular complexity index is 388. The molecule has 0 saturated carbocycles. The highest BCUT2D eigenvalue weighted by Gasteiger charge is 2.45.